The molecule has 1 heteroatoms. The van der Waals surface area contributed by atoms with Crippen molar-refractivity contribution in [3.63, 3.8) is 0 Å². The standard InChI is InChI=1S/C6H8N/c1-7-5-3-2-4-6-7/h2-3,6H,5H2,1H3. The summed E-state index contributed by atoms with van der Waals surface area (Å²) in [5.41, 5.74) is 0. The lowest BCUT2D eigenvalue weighted by atomic mass is 10.4. The van der Waals surface area contributed by atoms with E-state index < -0.39 is 0 Å². The van der Waals surface area contributed by atoms with Crippen LogP contribution in [-0.4, -0.2) is 18.5 Å². The Morgan fingerprint density at radius 1 is 1.71 bits per heavy atom. The molecule has 1 aliphatic rings. The van der Waals surface area contributed by atoms with Crippen LogP contribution in [0.15, 0.2) is 18.4 Å². The van der Waals surface area contributed by atoms with Crippen molar-refractivity contribution in [1.82, 2.24) is 4.90 Å². The lowest BCUT2D eigenvalue weighted by molar-refractivity contribution is 0.502. The van der Waals surface area contributed by atoms with E-state index >= 15 is 0 Å². The van der Waals surface area contributed by atoms with Gasteiger partial charge in [0.05, 0.1) is 0 Å². The maximum Gasteiger partial charge on any atom is 0.0354 e. The number of hydrogen-bond donors (Lipinski definition) is 0. The predicted octanol–water partition coefficient (Wildman–Crippen LogP) is 0.805. The zero-order chi connectivity index (χ0) is 5.11. The van der Waals surface area contributed by atoms with E-state index in [1.54, 1.807) is 0 Å². The molecule has 1 heterocycles. The molecule has 0 aromatic carbocycles. The van der Waals surface area contributed by atoms with Gasteiger partial charge in [0, 0.05) is 19.8 Å². The summed E-state index contributed by atoms with van der Waals surface area (Å²) in [5, 5.41) is 0. The largest absolute Gasteiger partial charge is 0.376 e. The van der Waals surface area contributed by atoms with Crippen molar-refractivity contribution in [2.24, 2.45) is 0 Å². The Morgan fingerprint density at radius 2 is 2.57 bits per heavy atom. The van der Waals surface area contributed by atoms with Gasteiger partial charge in [-0.3, -0.25) is 0 Å². The van der Waals surface area contributed by atoms with Crippen molar-refractivity contribution < 1.29 is 0 Å². The lowest BCUT2D eigenvalue weighted by Crippen LogP contribution is -2.11. The molecule has 0 amide bonds. The fourth-order valence-corrected chi connectivity index (χ4v) is 0.510. The Balaban J connectivity index is 2.49. The quantitative estimate of drug-likeness (QED) is 0.429. The molecule has 0 aromatic rings. The number of likely N-dealkylation sites (N-methyl/N-ethyl adjacent to an activating group) is 1. The highest BCUT2D eigenvalue weighted by Gasteiger charge is 1.86. The fraction of sp³-hybridized carbons (Fsp3) is 0.333. The van der Waals surface area contributed by atoms with E-state index in [1.165, 1.54) is 0 Å². The molecule has 1 rings (SSSR count). The van der Waals surface area contributed by atoms with Gasteiger partial charge in [-0.15, -0.1) is 0 Å². The summed E-state index contributed by atoms with van der Waals surface area (Å²) in [6.07, 6.45) is 8.89. The Bertz CT molecular complexity index is 103. The molecule has 0 bridgehead atoms. The van der Waals surface area contributed by atoms with E-state index in [0.29, 0.717) is 0 Å². The molecular weight excluding hydrogens is 86.1 g/mol. The van der Waals surface area contributed by atoms with Crippen molar-refractivity contribution in [3.05, 3.63) is 24.4 Å². The molecule has 0 aromatic heterocycles. The maximum absolute atomic E-state index is 2.95. The average molecular weight is 94.1 g/mol. The van der Waals surface area contributed by atoms with Gasteiger partial charge in [0.2, 0.25) is 0 Å². The average Bonchev–Trinajstić information content (AvgIpc) is 1.69. The highest BCUT2D eigenvalue weighted by molar-refractivity contribution is 5.01. The van der Waals surface area contributed by atoms with Crippen molar-refractivity contribution in [2.75, 3.05) is 13.6 Å². The minimum Gasteiger partial charge on any atom is -0.376 e. The molecular formula is C6H8N. The van der Waals surface area contributed by atoms with E-state index in [4.69, 9.17) is 0 Å². The van der Waals surface area contributed by atoms with Gasteiger partial charge in [0.25, 0.3) is 0 Å². The van der Waals surface area contributed by atoms with Gasteiger partial charge in [0.15, 0.2) is 0 Å². The summed E-state index contributed by atoms with van der Waals surface area (Å²) in [4.78, 5) is 2.07. The third kappa shape index (κ3) is 1.07. The Labute approximate surface area is 43.9 Å². The molecule has 7 heavy (non-hydrogen) atoms. The monoisotopic (exact) mass is 94.1 g/mol. The van der Waals surface area contributed by atoms with Gasteiger partial charge in [-0.05, 0) is 6.08 Å². The number of allylic oxidation sites excluding steroid dienone is 2. The maximum atomic E-state index is 2.95. The van der Waals surface area contributed by atoms with Crippen LogP contribution in [0.2, 0.25) is 0 Å². The molecule has 0 saturated heterocycles. The molecule has 0 atom stereocenters. The number of rotatable bonds is 0. The van der Waals surface area contributed by atoms with E-state index in [0.717, 1.165) is 6.54 Å². The van der Waals surface area contributed by atoms with Crippen LogP contribution in [0.1, 0.15) is 0 Å². The van der Waals surface area contributed by atoms with Crippen LogP contribution in [0.3, 0.4) is 0 Å². The minimum absolute atomic E-state index is 1.02. The number of hydrogen-bond acceptors (Lipinski definition) is 1. The van der Waals surface area contributed by atoms with E-state index in [9.17, 15) is 0 Å². The van der Waals surface area contributed by atoms with Crippen molar-refractivity contribution in [2.45, 2.75) is 0 Å². The lowest BCUT2D eigenvalue weighted by Gasteiger charge is -2.11. The summed E-state index contributed by atoms with van der Waals surface area (Å²) in [6.45, 7) is 1.02. The molecule has 1 nitrogen and oxygen atoms in total. The second-order valence-electron chi connectivity index (χ2n) is 1.64. The molecule has 1 aliphatic heterocycles. The van der Waals surface area contributed by atoms with Gasteiger partial charge >= 0.3 is 0 Å². The minimum atomic E-state index is 1.02. The first-order valence-corrected chi connectivity index (χ1v) is 2.34. The molecule has 0 aliphatic carbocycles. The highest BCUT2D eigenvalue weighted by atomic mass is 15.1. The Hall–Kier alpha value is -0.720. The van der Waals surface area contributed by atoms with E-state index in [1.807, 2.05) is 19.3 Å². The van der Waals surface area contributed by atoms with Gasteiger partial charge in [-0.2, -0.15) is 0 Å². The summed E-state index contributed by atoms with van der Waals surface area (Å²) in [6, 6.07) is 0. The molecule has 0 N–H and O–H groups in total. The van der Waals surface area contributed by atoms with Gasteiger partial charge < -0.3 is 4.90 Å². The third-order valence-corrected chi connectivity index (χ3v) is 0.902. The highest BCUT2D eigenvalue weighted by Crippen LogP contribution is 1.90. The van der Waals surface area contributed by atoms with Crippen LogP contribution in [-0.2, 0) is 0 Å². The predicted molar refractivity (Wildman–Crippen MR) is 29.6 cm³/mol. The first kappa shape index (κ1) is 4.44. The Kier molecular flexibility index (Phi) is 1.16. The topological polar surface area (TPSA) is 3.24 Å². The van der Waals surface area contributed by atoms with Crippen LogP contribution in [0, 0.1) is 6.08 Å². The summed E-state index contributed by atoms with van der Waals surface area (Å²) in [5.74, 6) is 0. The van der Waals surface area contributed by atoms with Crippen molar-refractivity contribution >= 4 is 0 Å². The zero-order valence-electron chi connectivity index (χ0n) is 4.39. The van der Waals surface area contributed by atoms with Crippen molar-refractivity contribution in [1.29, 1.82) is 0 Å². The smallest absolute Gasteiger partial charge is 0.0354 e. The summed E-state index contributed by atoms with van der Waals surface area (Å²) < 4.78 is 0. The fourth-order valence-electron chi connectivity index (χ4n) is 0.510. The van der Waals surface area contributed by atoms with Gasteiger partial charge in [-0.1, -0.05) is 12.2 Å². The third-order valence-electron chi connectivity index (χ3n) is 0.902. The summed E-state index contributed by atoms with van der Waals surface area (Å²) >= 11 is 0. The molecule has 0 spiro atoms. The molecule has 1 radical (unpaired) electrons. The zero-order valence-corrected chi connectivity index (χ0v) is 4.39. The molecule has 0 unspecified atom stereocenters. The second-order valence-corrected chi connectivity index (χ2v) is 1.64. The summed E-state index contributed by atoms with van der Waals surface area (Å²) in [7, 11) is 2.02. The van der Waals surface area contributed by atoms with Crippen LogP contribution in [0.25, 0.3) is 0 Å². The van der Waals surface area contributed by atoms with Crippen LogP contribution in [0.5, 0.6) is 0 Å². The SMILES string of the molecule is CN1C=[C]C=CC1. The van der Waals surface area contributed by atoms with Crippen LogP contribution >= 0.6 is 0 Å². The molecule has 37 valence electrons. The van der Waals surface area contributed by atoms with E-state index in [2.05, 4.69) is 17.1 Å². The first-order chi connectivity index (χ1) is 3.39. The van der Waals surface area contributed by atoms with Gasteiger partial charge in [-0.25, -0.2) is 0 Å². The van der Waals surface area contributed by atoms with Gasteiger partial charge in [0.1, 0.15) is 0 Å². The van der Waals surface area contributed by atoms with E-state index in [-0.39, 0.29) is 0 Å². The molecule has 0 fully saturated rings. The molecule has 0 saturated carbocycles. The van der Waals surface area contributed by atoms with Crippen LogP contribution in [0.4, 0.5) is 0 Å². The normalized spacial score (nSPS) is 18.1. The van der Waals surface area contributed by atoms with Crippen molar-refractivity contribution in [3.8, 4) is 0 Å². The number of nitrogens with zero attached hydrogens (tertiary/aromatic N) is 1. The van der Waals surface area contributed by atoms with Crippen LogP contribution < -0.4 is 0 Å². The second kappa shape index (κ2) is 1.82. The first-order valence-electron chi connectivity index (χ1n) is 2.34. The Morgan fingerprint density at radius 3 is 2.86 bits per heavy atom.